The summed E-state index contributed by atoms with van der Waals surface area (Å²) in [6.45, 7) is -0.714. The summed E-state index contributed by atoms with van der Waals surface area (Å²) in [4.78, 5) is 27.4. The quantitative estimate of drug-likeness (QED) is 0.367. The first-order chi connectivity index (χ1) is 19.1. The zero-order valence-electron chi connectivity index (χ0n) is 22.5. The van der Waals surface area contributed by atoms with Crippen molar-refractivity contribution < 1.29 is 36.9 Å². The van der Waals surface area contributed by atoms with E-state index >= 15 is 0 Å². The minimum atomic E-state index is -3.94. The summed E-state index contributed by atoms with van der Waals surface area (Å²) in [5, 5.41) is 9.93. The number of rotatable bonds is 11. The Balaban J connectivity index is 1.53. The number of sulfonamides is 1. The first kappa shape index (κ1) is 29.3. The lowest BCUT2D eigenvalue weighted by Crippen LogP contribution is -2.38. The van der Waals surface area contributed by atoms with Crippen molar-refractivity contribution in [3.8, 4) is 5.75 Å². The molecule has 1 amide bonds. The number of amides is 1. The monoisotopic (exact) mass is 572 g/mol. The smallest absolute Gasteiger partial charge is 0.288 e. The normalized spacial score (nSPS) is 17.4. The Kier molecular flexibility index (Phi) is 9.25. The van der Waals surface area contributed by atoms with Gasteiger partial charge in [-0.05, 0) is 42.5 Å². The lowest BCUT2D eigenvalue weighted by Gasteiger charge is -2.30. The van der Waals surface area contributed by atoms with Gasteiger partial charge in [0.15, 0.2) is 11.2 Å². The van der Waals surface area contributed by atoms with Gasteiger partial charge in [-0.2, -0.15) is 4.31 Å². The van der Waals surface area contributed by atoms with E-state index in [1.807, 2.05) is 0 Å². The van der Waals surface area contributed by atoms with Gasteiger partial charge in [-0.3, -0.25) is 9.59 Å². The minimum absolute atomic E-state index is 0.0110. The number of aliphatic hydroxyl groups excluding tert-OH is 1. The van der Waals surface area contributed by atoms with Crippen LogP contribution in [0.4, 0.5) is 0 Å². The molecule has 4 rings (SSSR count). The Bertz CT molecular complexity index is 1530. The van der Waals surface area contributed by atoms with Gasteiger partial charge < -0.3 is 28.6 Å². The van der Waals surface area contributed by atoms with E-state index in [1.54, 1.807) is 44.4 Å². The van der Waals surface area contributed by atoms with Crippen LogP contribution in [0.15, 0.2) is 80.7 Å². The first-order valence-electron chi connectivity index (χ1n) is 12.6. The predicted molar refractivity (Wildman–Crippen MR) is 146 cm³/mol. The summed E-state index contributed by atoms with van der Waals surface area (Å²) < 4.78 is 49.9. The highest BCUT2D eigenvalue weighted by atomic mass is 32.2. The van der Waals surface area contributed by atoms with Crippen LogP contribution in [0.5, 0.6) is 5.75 Å². The zero-order chi connectivity index (χ0) is 28.9. The molecule has 12 heteroatoms. The number of para-hydroxylation sites is 1. The maximum atomic E-state index is 13.2. The fraction of sp³-hybridized carbons (Fsp3) is 0.357. The van der Waals surface area contributed by atoms with Gasteiger partial charge in [-0.1, -0.05) is 12.1 Å². The Morgan fingerprint density at radius 2 is 1.82 bits per heavy atom. The van der Waals surface area contributed by atoms with Crippen LogP contribution in [-0.4, -0.2) is 82.4 Å². The van der Waals surface area contributed by atoms with Gasteiger partial charge in [0.2, 0.25) is 16.3 Å². The van der Waals surface area contributed by atoms with Crippen molar-refractivity contribution in [2.75, 3.05) is 47.5 Å². The molecule has 0 saturated heterocycles. The van der Waals surface area contributed by atoms with Gasteiger partial charge in [0.1, 0.15) is 11.3 Å². The molecule has 0 spiro atoms. The molecule has 40 heavy (non-hydrogen) atoms. The van der Waals surface area contributed by atoms with E-state index in [2.05, 4.69) is 0 Å². The molecule has 0 saturated carbocycles. The number of hydrogen-bond acceptors (Lipinski definition) is 9. The Hall–Kier alpha value is -3.71. The van der Waals surface area contributed by atoms with Gasteiger partial charge in [0.05, 0.1) is 36.9 Å². The highest BCUT2D eigenvalue weighted by Gasteiger charge is 2.32. The maximum absolute atomic E-state index is 13.2. The molecule has 1 aliphatic heterocycles. The van der Waals surface area contributed by atoms with Crippen LogP contribution in [0.25, 0.3) is 11.0 Å². The zero-order valence-corrected chi connectivity index (χ0v) is 23.3. The number of carbonyl (C=O) groups excluding carboxylic acids is 1. The van der Waals surface area contributed by atoms with Crippen molar-refractivity contribution in [2.24, 2.45) is 0 Å². The number of benzene rings is 2. The Morgan fingerprint density at radius 3 is 2.50 bits per heavy atom. The Labute approximate surface area is 232 Å². The van der Waals surface area contributed by atoms with Crippen LogP contribution in [0, 0.1) is 0 Å². The number of ether oxygens (including phenoxy) is 3. The number of allylic oxidation sites excluding steroid dienone is 1. The van der Waals surface area contributed by atoms with Gasteiger partial charge in [0.25, 0.3) is 5.91 Å². The van der Waals surface area contributed by atoms with Gasteiger partial charge >= 0.3 is 0 Å². The third-order valence-electron chi connectivity index (χ3n) is 6.47. The lowest BCUT2D eigenvalue weighted by molar-refractivity contribution is -0.151. The molecule has 2 aromatic carbocycles. The van der Waals surface area contributed by atoms with Crippen molar-refractivity contribution in [3.05, 3.63) is 82.4 Å². The van der Waals surface area contributed by atoms with Crippen molar-refractivity contribution in [2.45, 2.75) is 23.5 Å². The maximum Gasteiger partial charge on any atom is 0.288 e. The van der Waals surface area contributed by atoms with Gasteiger partial charge in [-0.15, -0.1) is 0 Å². The molecule has 0 unspecified atom stereocenters. The van der Waals surface area contributed by atoms with Crippen molar-refractivity contribution >= 4 is 26.9 Å². The number of carbonyl (C=O) groups is 1. The third kappa shape index (κ3) is 6.36. The van der Waals surface area contributed by atoms with Crippen LogP contribution < -0.4 is 10.2 Å². The molecule has 2 atom stereocenters. The number of aliphatic hydroxyl groups is 1. The molecule has 0 radical (unpaired) electrons. The second-order valence-electron chi connectivity index (χ2n) is 9.31. The molecular formula is C28H32N2O9S. The summed E-state index contributed by atoms with van der Waals surface area (Å²) >= 11 is 0. The van der Waals surface area contributed by atoms with E-state index in [9.17, 15) is 23.1 Å². The average molecular weight is 573 g/mol. The van der Waals surface area contributed by atoms with E-state index in [0.29, 0.717) is 22.3 Å². The number of nitrogens with zero attached hydrogens (tertiary/aromatic N) is 2. The fourth-order valence-electron chi connectivity index (χ4n) is 4.34. The molecule has 0 fully saturated rings. The van der Waals surface area contributed by atoms with Crippen LogP contribution in [0.2, 0.25) is 0 Å². The van der Waals surface area contributed by atoms with Crippen LogP contribution in [-0.2, 0) is 24.3 Å². The molecule has 0 bridgehead atoms. The summed E-state index contributed by atoms with van der Waals surface area (Å²) in [5.41, 5.74) is 0.579. The SMILES string of the molecule is COc1ccc(S(=O)(=O)N(CCO)CCO[C@H]2C[C@@H](c3coc4ccccc4c3=O)C=C(C(=O)N(C)C)O2)cc1. The standard InChI is InChI=1S/C28H32N2O9S/c1-29(2)28(33)25-16-19(23-18-38-24-7-5-4-6-22(24)27(23)32)17-26(39-25)37-15-13-30(12-14-31)40(34,35)21-10-8-20(36-3)9-11-21/h4-11,16,18-19,26,31H,12-15,17H2,1-3H3/t19-,26+/m0/s1. The van der Waals surface area contributed by atoms with E-state index in [-0.39, 0.29) is 48.8 Å². The van der Waals surface area contributed by atoms with E-state index in [4.69, 9.17) is 18.6 Å². The van der Waals surface area contributed by atoms with E-state index in [0.717, 1.165) is 4.31 Å². The van der Waals surface area contributed by atoms with Crippen molar-refractivity contribution in [1.29, 1.82) is 0 Å². The topological polar surface area (TPSA) is 136 Å². The molecule has 3 aromatic rings. The fourth-order valence-corrected chi connectivity index (χ4v) is 5.76. The van der Waals surface area contributed by atoms with E-state index in [1.165, 1.54) is 42.5 Å². The summed E-state index contributed by atoms with van der Waals surface area (Å²) in [5.74, 6) is -0.434. The minimum Gasteiger partial charge on any atom is -0.497 e. The molecule has 1 N–H and O–H groups in total. The van der Waals surface area contributed by atoms with Crippen LogP contribution in [0.1, 0.15) is 17.9 Å². The largest absolute Gasteiger partial charge is 0.497 e. The number of fused-ring (bicyclic) bond motifs is 1. The van der Waals surface area contributed by atoms with Gasteiger partial charge in [-0.25, -0.2) is 8.42 Å². The first-order valence-corrected chi connectivity index (χ1v) is 14.1. The molecule has 1 aliphatic rings. The highest BCUT2D eigenvalue weighted by molar-refractivity contribution is 7.89. The summed E-state index contributed by atoms with van der Waals surface area (Å²) in [6, 6.07) is 12.8. The number of hydrogen-bond donors (Lipinski definition) is 1. The summed E-state index contributed by atoms with van der Waals surface area (Å²) in [7, 11) is 0.700. The lowest BCUT2D eigenvalue weighted by atomic mass is 9.93. The highest BCUT2D eigenvalue weighted by Crippen LogP contribution is 2.31. The average Bonchev–Trinajstić information content (AvgIpc) is 2.96. The second kappa shape index (κ2) is 12.6. The molecule has 11 nitrogen and oxygen atoms in total. The molecular weight excluding hydrogens is 540 g/mol. The number of likely N-dealkylation sites (N-methyl/N-ethyl adjacent to an activating group) is 1. The summed E-state index contributed by atoms with van der Waals surface area (Å²) in [6.07, 6.45) is 2.21. The van der Waals surface area contributed by atoms with Gasteiger partial charge in [0, 0.05) is 45.1 Å². The predicted octanol–water partition coefficient (Wildman–Crippen LogP) is 2.30. The Morgan fingerprint density at radius 1 is 1.10 bits per heavy atom. The second-order valence-corrected chi connectivity index (χ2v) is 11.2. The molecule has 0 aliphatic carbocycles. The van der Waals surface area contributed by atoms with Crippen molar-refractivity contribution in [1.82, 2.24) is 9.21 Å². The third-order valence-corrected chi connectivity index (χ3v) is 8.38. The molecule has 1 aromatic heterocycles. The molecule has 2 heterocycles. The molecule has 214 valence electrons. The van der Waals surface area contributed by atoms with E-state index < -0.39 is 28.1 Å². The number of methoxy groups -OCH3 is 1. The van der Waals surface area contributed by atoms with Crippen molar-refractivity contribution in [3.63, 3.8) is 0 Å². The van der Waals surface area contributed by atoms with Crippen LogP contribution >= 0.6 is 0 Å². The van der Waals surface area contributed by atoms with Crippen LogP contribution in [0.3, 0.4) is 0 Å².